The van der Waals surface area contributed by atoms with Crippen LogP contribution in [0.4, 0.5) is 0 Å². The average Bonchev–Trinajstić information content (AvgIpc) is 3.15. The number of carbonyl (C=O) groups excluding carboxylic acids is 1. The van der Waals surface area contributed by atoms with Crippen molar-refractivity contribution in [2.45, 2.75) is 20.4 Å². The second kappa shape index (κ2) is 6.07. The highest BCUT2D eigenvalue weighted by Crippen LogP contribution is 2.17. The number of amides is 1. The summed E-state index contributed by atoms with van der Waals surface area (Å²) in [6.07, 6.45) is 5.24. The van der Waals surface area contributed by atoms with Crippen LogP contribution in [-0.4, -0.2) is 25.7 Å². The largest absolute Gasteiger partial charge is 0.347 e. The zero-order valence-electron chi connectivity index (χ0n) is 12.3. The summed E-state index contributed by atoms with van der Waals surface area (Å²) in [5.41, 5.74) is 1.74. The van der Waals surface area contributed by atoms with Gasteiger partial charge in [-0.2, -0.15) is 5.10 Å². The molecule has 0 atom stereocenters. The molecule has 0 radical (unpaired) electrons. The predicted octanol–water partition coefficient (Wildman–Crippen LogP) is 2.27. The molecule has 0 aromatic carbocycles. The molecule has 3 rings (SSSR count). The fourth-order valence-corrected chi connectivity index (χ4v) is 2.94. The van der Waals surface area contributed by atoms with Crippen molar-refractivity contribution < 1.29 is 4.79 Å². The molecular formula is C15H15N5OS. The summed E-state index contributed by atoms with van der Waals surface area (Å²) in [7, 11) is 0. The van der Waals surface area contributed by atoms with E-state index >= 15 is 0 Å². The van der Waals surface area contributed by atoms with Crippen LogP contribution in [0.3, 0.4) is 0 Å². The Balaban J connectivity index is 1.70. The molecule has 1 amide bonds. The lowest BCUT2D eigenvalue weighted by molar-refractivity contribution is 0.0954. The topological polar surface area (TPSA) is 72.7 Å². The van der Waals surface area contributed by atoms with Gasteiger partial charge < -0.3 is 5.32 Å². The fraction of sp³-hybridized carbons (Fsp3) is 0.200. The molecule has 0 saturated heterocycles. The molecule has 0 aliphatic carbocycles. The summed E-state index contributed by atoms with van der Waals surface area (Å²) < 4.78 is 1.68. The van der Waals surface area contributed by atoms with Crippen molar-refractivity contribution in [3.8, 4) is 5.82 Å². The standard InChI is InChI=1S/C15H15N5OS/c1-10-14(22-11(2)19-10)15(21)17-9-12-4-6-16-13(8-12)20-7-3-5-18-20/h3-8H,9H2,1-2H3,(H,17,21). The maximum absolute atomic E-state index is 12.2. The highest BCUT2D eigenvalue weighted by atomic mass is 32.1. The normalized spacial score (nSPS) is 10.6. The smallest absolute Gasteiger partial charge is 0.263 e. The van der Waals surface area contributed by atoms with Gasteiger partial charge in [-0.3, -0.25) is 4.79 Å². The summed E-state index contributed by atoms with van der Waals surface area (Å²) in [4.78, 5) is 21.4. The van der Waals surface area contributed by atoms with Crippen LogP contribution in [0.5, 0.6) is 0 Å². The minimum atomic E-state index is -0.0967. The Labute approximate surface area is 131 Å². The predicted molar refractivity (Wildman–Crippen MR) is 84.1 cm³/mol. The van der Waals surface area contributed by atoms with Crippen molar-refractivity contribution in [2.24, 2.45) is 0 Å². The number of pyridine rings is 1. The number of carbonyl (C=O) groups is 1. The van der Waals surface area contributed by atoms with Gasteiger partial charge in [0.15, 0.2) is 5.82 Å². The zero-order valence-corrected chi connectivity index (χ0v) is 13.1. The lowest BCUT2D eigenvalue weighted by atomic mass is 10.2. The SMILES string of the molecule is Cc1nc(C)c(C(=O)NCc2ccnc(-n3cccn3)c2)s1. The van der Waals surface area contributed by atoms with Crippen molar-refractivity contribution >= 4 is 17.2 Å². The maximum Gasteiger partial charge on any atom is 0.263 e. The first kappa shape index (κ1) is 14.4. The van der Waals surface area contributed by atoms with Gasteiger partial charge >= 0.3 is 0 Å². The Morgan fingerprint density at radius 2 is 2.23 bits per heavy atom. The maximum atomic E-state index is 12.2. The molecular weight excluding hydrogens is 298 g/mol. The molecule has 6 nitrogen and oxygen atoms in total. The number of aryl methyl sites for hydroxylation is 2. The van der Waals surface area contributed by atoms with E-state index < -0.39 is 0 Å². The van der Waals surface area contributed by atoms with Crippen molar-refractivity contribution in [3.05, 3.63) is 57.9 Å². The summed E-state index contributed by atoms with van der Waals surface area (Å²) in [6, 6.07) is 5.61. The van der Waals surface area contributed by atoms with Gasteiger partial charge in [-0.1, -0.05) is 0 Å². The van der Waals surface area contributed by atoms with E-state index in [2.05, 4.69) is 20.4 Å². The van der Waals surface area contributed by atoms with Crippen LogP contribution < -0.4 is 5.32 Å². The Bertz CT molecular complexity index is 794. The van der Waals surface area contributed by atoms with Crippen molar-refractivity contribution in [1.82, 2.24) is 25.1 Å². The third-order valence-electron chi connectivity index (χ3n) is 3.11. The van der Waals surface area contributed by atoms with Crippen LogP contribution in [0.1, 0.15) is 25.9 Å². The quantitative estimate of drug-likeness (QED) is 0.802. The zero-order chi connectivity index (χ0) is 15.5. The molecule has 7 heteroatoms. The highest BCUT2D eigenvalue weighted by molar-refractivity contribution is 7.13. The summed E-state index contributed by atoms with van der Waals surface area (Å²) in [5.74, 6) is 0.627. The summed E-state index contributed by atoms with van der Waals surface area (Å²) in [6.45, 7) is 4.18. The summed E-state index contributed by atoms with van der Waals surface area (Å²) in [5, 5.41) is 7.96. The van der Waals surface area contributed by atoms with Gasteiger partial charge in [-0.25, -0.2) is 14.6 Å². The molecule has 0 aliphatic heterocycles. The van der Waals surface area contributed by atoms with Crippen molar-refractivity contribution in [1.29, 1.82) is 0 Å². The molecule has 0 unspecified atom stereocenters. The molecule has 3 heterocycles. The minimum absolute atomic E-state index is 0.0967. The number of nitrogens with zero attached hydrogens (tertiary/aromatic N) is 4. The Kier molecular flexibility index (Phi) is 3.97. The Hall–Kier alpha value is -2.54. The van der Waals surface area contributed by atoms with E-state index in [4.69, 9.17) is 0 Å². The molecule has 0 fully saturated rings. The highest BCUT2D eigenvalue weighted by Gasteiger charge is 2.13. The molecule has 3 aromatic heterocycles. The molecule has 1 N–H and O–H groups in total. The van der Waals surface area contributed by atoms with Gasteiger partial charge in [-0.05, 0) is 37.6 Å². The molecule has 0 aliphatic rings. The Morgan fingerprint density at radius 1 is 1.36 bits per heavy atom. The second-order valence-corrected chi connectivity index (χ2v) is 6.01. The van der Waals surface area contributed by atoms with Crippen LogP contribution >= 0.6 is 11.3 Å². The average molecular weight is 313 g/mol. The van der Waals surface area contributed by atoms with Crippen LogP contribution in [0.15, 0.2) is 36.8 Å². The molecule has 0 spiro atoms. The first-order chi connectivity index (χ1) is 10.6. The van der Waals surface area contributed by atoms with E-state index in [1.165, 1.54) is 11.3 Å². The van der Waals surface area contributed by atoms with E-state index in [0.29, 0.717) is 11.4 Å². The third-order valence-corrected chi connectivity index (χ3v) is 4.18. The van der Waals surface area contributed by atoms with Crippen molar-refractivity contribution in [2.75, 3.05) is 0 Å². The number of hydrogen-bond donors (Lipinski definition) is 1. The molecule has 3 aromatic rings. The van der Waals surface area contributed by atoms with Crippen LogP contribution in [0.2, 0.25) is 0 Å². The van der Waals surface area contributed by atoms with E-state index in [-0.39, 0.29) is 5.91 Å². The second-order valence-electron chi connectivity index (χ2n) is 4.80. The van der Waals surface area contributed by atoms with Crippen LogP contribution in [-0.2, 0) is 6.54 Å². The monoisotopic (exact) mass is 313 g/mol. The van der Waals surface area contributed by atoms with Gasteiger partial charge in [-0.15, -0.1) is 11.3 Å². The van der Waals surface area contributed by atoms with Gasteiger partial charge in [0, 0.05) is 25.1 Å². The number of nitrogens with one attached hydrogen (secondary N) is 1. The minimum Gasteiger partial charge on any atom is -0.347 e. The third kappa shape index (κ3) is 3.04. The lowest BCUT2D eigenvalue weighted by Crippen LogP contribution is -2.22. The number of hydrogen-bond acceptors (Lipinski definition) is 5. The summed E-state index contributed by atoms with van der Waals surface area (Å²) >= 11 is 1.41. The Morgan fingerprint density at radius 3 is 2.91 bits per heavy atom. The molecule has 0 saturated carbocycles. The van der Waals surface area contributed by atoms with E-state index in [1.807, 2.05) is 38.2 Å². The first-order valence-electron chi connectivity index (χ1n) is 6.80. The van der Waals surface area contributed by atoms with Gasteiger partial charge in [0.2, 0.25) is 0 Å². The number of aromatic nitrogens is 4. The lowest BCUT2D eigenvalue weighted by Gasteiger charge is -2.06. The van der Waals surface area contributed by atoms with E-state index in [1.54, 1.807) is 17.1 Å². The molecule has 112 valence electrons. The number of thiazole rings is 1. The van der Waals surface area contributed by atoms with Crippen LogP contribution in [0, 0.1) is 13.8 Å². The fourth-order valence-electron chi connectivity index (χ4n) is 2.10. The van der Waals surface area contributed by atoms with Crippen LogP contribution in [0.25, 0.3) is 5.82 Å². The van der Waals surface area contributed by atoms with E-state index in [9.17, 15) is 4.79 Å². The van der Waals surface area contributed by atoms with Crippen molar-refractivity contribution in [3.63, 3.8) is 0 Å². The molecule has 0 bridgehead atoms. The van der Waals surface area contributed by atoms with E-state index in [0.717, 1.165) is 22.1 Å². The molecule has 22 heavy (non-hydrogen) atoms. The van der Waals surface area contributed by atoms with Gasteiger partial charge in [0.25, 0.3) is 5.91 Å². The number of rotatable bonds is 4. The van der Waals surface area contributed by atoms with Gasteiger partial charge in [0.05, 0.1) is 10.7 Å². The van der Waals surface area contributed by atoms with Gasteiger partial charge in [0.1, 0.15) is 4.88 Å². The first-order valence-corrected chi connectivity index (χ1v) is 7.62.